The summed E-state index contributed by atoms with van der Waals surface area (Å²) in [5.41, 5.74) is 0.317. The first-order chi connectivity index (χ1) is 4.84. The third-order valence-corrected chi connectivity index (χ3v) is 1.21. The Morgan fingerprint density at radius 1 is 1.42 bits per heavy atom. The number of carbonyl (C=O) groups is 1. The molecule has 3 nitrogen and oxygen atoms in total. The van der Waals surface area contributed by atoms with Crippen LogP contribution >= 0.6 is 36.4 Å². The number of carbonyl (C=O) groups excluding carboxylic acids is 1. The van der Waals surface area contributed by atoms with Crippen LogP contribution in [0, 0.1) is 0 Å². The summed E-state index contributed by atoms with van der Waals surface area (Å²) in [6, 6.07) is 0. The van der Waals surface area contributed by atoms with Gasteiger partial charge in [0, 0.05) is 12.4 Å². The lowest BCUT2D eigenvalue weighted by molar-refractivity contribution is 0.101. The van der Waals surface area contributed by atoms with Crippen molar-refractivity contribution in [1.29, 1.82) is 0 Å². The number of aromatic nitrogens is 2. The van der Waals surface area contributed by atoms with Gasteiger partial charge in [0.2, 0.25) is 0 Å². The van der Waals surface area contributed by atoms with Gasteiger partial charge in [-0.2, -0.15) is 0 Å². The first kappa shape index (κ1) is 14.2. The fourth-order valence-corrected chi connectivity index (χ4v) is 0.648. The van der Waals surface area contributed by atoms with Gasteiger partial charge < -0.3 is 0 Å². The lowest BCUT2D eigenvalue weighted by atomic mass is 10.3. The summed E-state index contributed by atoms with van der Waals surface area (Å²) in [7, 11) is 0. The zero-order valence-corrected chi connectivity index (χ0v) is 8.33. The molecular formula is C6H7Cl3N2O. The van der Waals surface area contributed by atoms with Crippen LogP contribution in [0.3, 0.4) is 0 Å². The number of Topliss-reactive ketones (excluding diaryl/α,β-unsaturated/α-hetero) is 1. The minimum atomic E-state index is -0.199. The van der Waals surface area contributed by atoms with Crippen LogP contribution in [0.25, 0.3) is 0 Å². The molecule has 1 aromatic heterocycles. The Morgan fingerprint density at radius 2 is 2.08 bits per heavy atom. The Morgan fingerprint density at radius 3 is 2.50 bits per heavy atom. The predicted octanol–water partition coefficient (Wildman–Crippen LogP) is 1.74. The lowest BCUT2D eigenvalue weighted by Gasteiger charge is -1.90. The summed E-state index contributed by atoms with van der Waals surface area (Å²) in [5, 5.41) is 0. The maximum absolute atomic E-state index is 10.8. The fourth-order valence-electron chi connectivity index (χ4n) is 0.512. The molecule has 0 unspecified atom stereocenters. The van der Waals surface area contributed by atoms with E-state index in [4.69, 9.17) is 11.6 Å². The Bertz CT molecular complexity index is 229. The van der Waals surface area contributed by atoms with Gasteiger partial charge in [-0.3, -0.25) is 9.78 Å². The van der Waals surface area contributed by atoms with Crippen molar-refractivity contribution in [3.63, 3.8) is 0 Å². The molecule has 0 radical (unpaired) electrons. The molecule has 0 aromatic carbocycles. The van der Waals surface area contributed by atoms with E-state index in [1.54, 1.807) is 0 Å². The van der Waals surface area contributed by atoms with Gasteiger partial charge in [0.05, 0.1) is 12.1 Å². The molecule has 6 heteroatoms. The van der Waals surface area contributed by atoms with Crippen LogP contribution in [0.15, 0.2) is 18.6 Å². The highest BCUT2D eigenvalue weighted by molar-refractivity contribution is 6.30. The number of halogens is 3. The zero-order valence-electron chi connectivity index (χ0n) is 5.94. The molecule has 0 bridgehead atoms. The van der Waals surface area contributed by atoms with Gasteiger partial charge in [-0.25, -0.2) is 4.98 Å². The van der Waals surface area contributed by atoms with Gasteiger partial charge in [-0.05, 0) is 0 Å². The molecule has 0 saturated heterocycles. The largest absolute Gasteiger partial charge is 0.291 e. The highest BCUT2D eigenvalue weighted by Gasteiger charge is 2.02. The Balaban J connectivity index is 0. The van der Waals surface area contributed by atoms with E-state index in [1.165, 1.54) is 18.6 Å². The highest BCUT2D eigenvalue weighted by Crippen LogP contribution is 1.93. The molecule has 0 saturated carbocycles. The van der Waals surface area contributed by atoms with Crippen molar-refractivity contribution in [1.82, 2.24) is 9.97 Å². The third-order valence-electron chi connectivity index (χ3n) is 0.970. The first-order valence-corrected chi connectivity index (χ1v) is 3.23. The average Bonchev–Trinajstić information content (AvgIpc) is 2.05. The molecule has 68 valence electrons. The van der Waals surface area contributed by atoms with Crippen LogP contribution in [0.1, 0.15) is 10.5 Å². The molecule has 0 amide bonds. The summed E-state index contributed by atoms with van der Waals surface area (Å²) in [5.74, 6) is -0.242. The Labute approximate surface area is 87.4 Å². The first-order valence-electron chi connectivity index (χ1n) is 2.70. The van der Waals surface area contributed by atoms with E-state index >= 15 is 0 Å². The second-order valence-corrected chi connectivity index (χ2v) is 1.91. The number of hydrogen-bond acceptors (Lipinski definition) is 3. The normalized spacial score (nSPS) is 7.75. The molecule has 1 rings (SSSR count). The second-order valence-electron chi connectivity index (χ2n) is 1.65. The standard InChI is InChI=1S/C6H5ClN2O.2ClH/c7-3-6(10)5-4-8-1-2-9-5;;/h1-2,4H,3H2;2*1H. The van der Waals surface area contributed by atoms with Crippen molar-refractivity contribution in [3.05, 3.63) is 24.3 Å². The monoisotopic (exact) mass is 228 g/mol. The van der Waals surface area contributed by atoms with Crippen molar-refractivity contribution in [3.8, 4) is 0 Å². The van der Waals surface area contributed by atoms with Gasteiger partial charge in [0.15, 0.2) is 5.78 Å². The zero-order chi connectivity index (χ0) is 7.40. The molecule has 0 fully saturated rings. The lowest BCUT2D eigenvalue weighted by Crippen LogP contribution is -2.02. The molecule has 0 atom stereocenters. The highest BCUT2D eigenvalue weighted by atomic mass is 35.5. The van der Waals surface area contributed by atoms with Gasteiger partial charge in [0.25, 0.3) is 0 Å². The smallest absolute Gasteiger partial charge is 0.197 e. The maximum atomic E-state index is 10.8. The number of nitrogens with zero attached hydrogens (tertiary/aromatic N) is 2. The molecule has 0 aliphatic rings. The van der Waals surface area contributed by atoms with Crippen LogP contribution in [0.5, 0.6) is 0 Å². The van der Waals surface area contributed by atoms with Gasteiger partial charge >= 0.3 is 0 Å². The van der Waals surface area contributed by atoms with E-state index in [1.807, 2.05) is 0 Å². The number of ketones is 1. The summed E-state index contributed by atoms with van der Waals surface area (Å²) in [6.45, 7) is 0. The van der Waals surface area contributed by atoms with Crippen LogP contribution in [-0.4, -0.2) is 21.6 Å². The summed E-state index contributed by atoms with van der Waals surface area (Å²) in [4.78, 5) is 18.2. The molecule has 1 aromatic rings. The molecular weight excluding hydrogens is 222 g/mol. The Hall–Kier alpha value is -0.380. The van der Waals surface area contributed by atoms with E-state index in [-0.39, 0.29) is 36.5 Å². The average molecular weight is 229 g/mol. The van der Waals surface area contributed by atoms with Crippen molar-refractivity contribution < 1.29 is 4.79 Å². The van der Waals surface area contributed by atoms with Crippen molar-refractivity contribution in [2.45, 2.75) is 0 Å². The molecule has 0 aliphatic heterocycles. The van der Waals surface area contributed by atoms with Crippen molar-refractivity contribution in [2.24, 2.45) is 0 Å². The molecule has 12 heavy (non-hydrogen) atoms. The SMILES string of the molecule is Cl.Cl.O=C(CCl)c1cnccn1. The van der Waals surface area contributed by atoms with Gasteiger partial charge in [0.1, 0.15) is 5.69 Å². The third kappa shape index (κ3) is 3.85. The Kier molecular flexibility index (Phi) is 8.59. The van der Waals surface area contributed by atoms with Crippen LogP contribution in [0.2, 0.25) is 0 Å². The number of alkyl halides is 1. The summed E-state index contributed by atoms with van der Waals surface area (Å²) in [6.07, 6.45) is 4.36. The minimum absolute atomic E-state index is 0. The minimum Gasteiger partial charge on any atom is -0.291 e. The molecule has 0 spiro atoms. The fraction of sp³-hybridized carbons (Fsp3) is 0.167. The maximum Gasteiger partial charge on any atom is 0.197 e. The molecule has 1 heterocycles. The molecule has 0 N–H and O–H groups in total. The topological polar surface area (TPSA) is 42.9 Å². The van der Waals surface area contributed by atoms with E-state index in [0.29, 0.717) is 5.69 Å². The summed E-state index contributed by atoms with van der Waals surface area (Å²) >= 11 is 5.27. The van der Waals surface area contributed by atoms with Gasteiger partial charge in [-0.15, -0.1) is 36.4 Å². The van der Waals surface area contributed by atoms with E-state index in [0.717, 1.165) is 0 Å². The predicted molar refractivity (Wildman–Crippen MR) is 51.6 cm³/mol. The van der Waals surface area contributed by atoms with Crippen LogP contribution < -0.4 is 0 Å². The van der Waals surface area contributed by atoms with Crippen molar-refractivity contribution in [2.75, 3.05) is 5.88 Å². The van der Waals surface area contributed by atoms with Crippen molar-refractivity contribution >= 4 is 42.2 Å². The van der Waals surface area contributed by atoms with E-state index in [2.05, 4.69) is 9.97 Å². The van der Waals surface area contributed by atoms with Crippen LogP contribution in [0.4, 0.5) is 0 Å². The van der Waals surface area contributed by atoms with Crippen LogP contribution in [-0.2, 0) is 0 Å². The second kappa shape index (κ2) is 7.28. The molecule has 0 aliphatic carbocycles. The number of hydrogen-bond donors (Lipinski definition) is 0. The summed E-state index contributed by atoms with van der Waals surface area (Å²) < 4.78 is 0. The quantitative estimate of drug-likeness (QED) is 0.573. The number of rotatable bonds is 2. The van der Waals surface area contributed by atoms with Gasteiger partial charge in [-0.1, -0.05) is 0 Å². The van der Waals surface area contributed by atoms with E-state index < -0.39 is 0 Å². The van der Waals surface area contributed by atoms with E-state index in [9.17, 15) is 4.79 Å².